The Labute approximate surface area is 138 Å². The molecule has 0 bridgehead atoms. The van der Waals surface area contributed by atoms with E-state index in [2.05, 4.69) is 15.1 Å². The zero-order valence-corrected chi connectivity index (χ0v) is 13.1. The van der Waals surface area contributed by atoms with E-state index in [0.29, 0.717) is 24.1 Å². The Balaban J connectivity index is 1.34. The van der Waals surface area contributed by atoms with Crippen molar-refractivity contribution >= 4 is 5.69 Å². The maximum Gasteiger partial charge on any atom is 0.283 e. The van der Waals surface area contributed by atoms with Gasteiger partial charge >= 0.3 is 0 Å². The summed E-state index contributed by atoms with van der Waals surface area (Å²) in [6.07, 6.45) is 1.58. The Morgan fingerprint density at radius 2 is 1.88 bits per heavy atom. The van der Waals surface area contributed by atoms with Crippen LogP contribution in [0.15, 0.2) is 51.5 Å². The van der Waals surface area contributed by atoms with Crippen LogP contribution in [0, 0.1) is 5.82 Å². The van der Waals surface area contributed by atoms with E-state index in [4.69, 9.17) is 8.83 Å². The second kappa shape index (κ2) is 6.45. The van der Waals surface area contributed by atoms with Gasteiger partial charge in [0.2, 0.25) is 0 Å². The maximum absolute atomic E-state index is 13.0. The highest BCUT2D eigenvalue weighted by Crippen LogP contribution is 2.17. The van der Waals surface area contributed by atoms with Gasteiger partial charge in [-0.3, -0.25) is 0 Å². The number of anilines is 1. The highest BCUT2D eigenvalue weighted by Gasteiger charge is 2.23. The maximum atomic E-state index is 13.0. The van der Waals surface area contributed by atoms with Crippen molar-refractivity contribution in [1.82, 2.24) is 10.2 Å². The topological polar surface area (TPSA) is 59.7 Å². The second-order valence-electron chi connectivity index (χ2n) is 5.87. The van der Waals surface area contributed by atoms with Crippen LogP contribution >= 0.6 is 0 Å². The number of benzene rings is 1. The van der Waals surface area contributed by atoms with E-state index < -0.39 is 0 Å². The first-order valence-electron chi connectivity index (χ1n) is 7.98. The molecule has 1 saturated heterocycles. The number of aromatic nitrogens is 2. The molecule has 0 spiro atoms. The van der Waals surface area contributed by atoms with E-state index in [1.54, 1.807) is 18.4 Å². The smallest absolute Gasteiger partial charge is 0.283 e. The lowest BCUT2D eigenvalue weighted by Crippen LogP contribution is -3.13. The Bertz CT molecular complexity index is 777. The number of nitrogens with one attached hydrogen (secondary N) is 1. The Morgan fingerprint density at radius 1 is 1.08 bits per heavy atom. The molecule has 0 aliphatic carbocycles. The largest absolute Gasteiger partial charge is 0.459 e. The fourth-order valence-electron chi connectivity index (χ4n) is 2.95. The van der Waals surface area contributed by atoms with Crippen LogP contribution in [0.1, 0.15) is 5.89 Å². The molecule has 4 rings (SSSR count). The van der Waals surface area contributed by atoms with Crippen molar-refractivity contribution in [3.05, 3.63) is 54.4 Å². The first-order chi connectivity index (χ1) is 11.8. The molecule has 0 saturated carbocycles. The van der Waals surface area contributed by atoms with Crippen molar-refractivity contribution in [2.75, 3.05) is 31.1 Å². The second-order valence-corrected chi connectivity index (χ2v) is 5.87. The standard InChI is InChI=1S/C17H17FN4O2/c18-13-3-5-14(6-4-13)22-9-7-21(8-10-22)12-16-19-20-17(24-16)15-2-1-11-23-15/h1-6,11H,7-10,12H2/p+1. The van der Waals surface area contributed by atoms with Crippen molar-refractivity contribution in [2.24, 2.45) is 0 Å². The van der Waals surface area contributed by atoms with Gasteiger partial charge in [-0.1, -0.05) is 0 Å². The lowest BCUT2D eigenvalue weighted by molar-refractivity contribution is -0.915. The molecule has 1 aromatic carbocycles. The molecular formula is C17H18FN4O2+. The molecule has 7 heteroatoms. The molecule has 1 aliphatic rings. The van der Waals surface area contributed by atoms with Crippen LogP contribution in [-0.4, -0.2) is 36.4 Å². The first-order valence-corrected chi connectivity index (χ1v) is 7.98. The third-order valence-corrected chi connectivity index (χ3v) is 4.26. The SMILES string of the molecule is Fc1ccc(N2CC[NH+](Cc3nnc(-c4ccco4)o3)CC2)cc1. The minimum absolute atomic E-state index is 0.202. The van der Waals surface area contributed by atoms with Crippen LogP contribution in [-0.2, 0) is 6.54 Å². The first kappa shape index (κ1) is 14.9. The Morgan fingerprint density at radius 3 is 2.58 bits per heavy atom. The fraction of sp³-hybridized carbons (Fsp3) is 0.294. The molecule has 2 aromatic heterocycles. The minimum Gasteiger partial charge on any atom is -0.459 e. The summed E-state index contributed by atoms with van der Waals surface area (Å²) in [5.74, 6) is 1.42. The van der Waals surface area contributed by atoms with Gasteiger partial charge < -0.3 is 18.6 Å². The third-order valence-electron chi connectivity index (χ3n) is 4.26. The zero-order chi connectivity index (χ0) is 16.4. The third kappa shape index (κ3) is 3.16. The zero-order valence-electron chi connectivity index (χ0n) is 13.1. The number of rotatable bonds is 4. The summed E-state index contributed by atoms with van der Waals surface area (Å²) >= 11 is 0. The van der Waals surface area contributed by atoms with Crippen molar-refractivity contribution in [3.8, 4) is 11.7 Å². The quantitative estimate of drug-likeness (QED) is 0.783. The number of nitrogens with zero attached hydrogens (tertiary/aromatic N) is 3. The lowest BCUT2D eigenvalue weighted by atomic mass is 10.2. The molecule has 1 fully saturated rings. The summed E-state index contributed by atoms with van der Waals surface area (Å²) in [5.41, 5.74) is 1.06. The van der Waals surface area contributed by atoms with Gasteiger partial charge in [0.1, 0.15) is 5.82 Å². The van der Waals surface area contributed by atoms with Gasteiger partial charge in [0.15, 0.2) is 12.3 Å². The van der Waals surface area contributed by atoms with Crippen LogP contribution < -0.4 is 9.80 Å². The van der Waals surface area contributed by atoms with Gasteiger partial charge in [-0.2, -0.15) is 0 Å². The summed E-state index contributed by atoms with van der Waals surface area (Å²) in [4.78, 5) is 3.66. The molecule has 0 atom stereocenters. The number of quaternary nitrogens is 1. The predicted molar refractivity (Wildman–Crippen MR) is 85.0 cm³/mol. The Kier molecular flexibility index (Phi) is 4.00. The molecule has 0 amide bonds. The number of piperazine rings is 1. The van der Waals surface area contributed by atoms with Gasteiger partial charge in [-0.05, 0) is 36.4 Å². The summed E-state index contributed by atoms with van der Waals surface area (Å²) in [6, 6.07) is 10.2. The average molecular weight is 329 g/mol. The average Bonchev–Trinajstić information content (AvgIpc) is 3.28. The fourth-order valence-corrected chi connectivity index (χ4v) is 2.95. The molecule has 6 nitrogen and oxygen atoms in total. The molecule has 0 radical (unpaired) electrons. The van der Waals surface area contributed by atoms with Crippen molar-refractivity contribution in [2.45, 2.75) is 6.54 Å². The van der Waals surface area contributed by atoms with Crippen LogP contribution in [0.3, 0.4) is 0 Å². The highest BCUT2D eigenvalue weighted by atomic mass is 19.1. The normalized spacial score (nSPS) is 15.8. The van der Waals surface area contributed by atoms with Crippen LogP contribution in [0.5, 0.6) is 0 Å². The van der Waals surface area contributed by atoms with E-state index in [1.807, 2.05) is 12.1 Å². The number of furan rings is 1. The minimum atomic E-state index is -0.202. The van der Waals surface area contributed by atoms with Gasteiger partial charge in [-0.25, -0.2) is 4.39 Å². The van der Waals surface area contributed by atoms with Crippen LogP contribution in [0.4, 0.5) is 10.1 Å². The van der Waals surface area contributed by atoms with Gasteiger partial charge in [0, 0.05) is 5.69 Å². The molecule has 0 unspecified atom stereocenters. The molecule has 1 aliphatic heterocycles. The number of halogens is 1. The van der Waals surface area contributed by atoms with E-state index >= 15 is 0 Å². The molecule has 124 valence electrons. The van der Waals surface area contributed by atoms with Gasteiger partial charge in [-0.15, -0.1) is 10.2 Å². The lowest BCUT2D eigenvalue weighted by Gasteiger charge is -2.33. The molecule has 24 heavy (non-hydrogen) atoms. The predicted octanol–water partition coefficient (Wildman–Crippen LogP) is 1.37. The van der Waals surface area contributed by atoms with Crippen LogP contribution in [0.2, 0.25) is 0 Å². The summed E-state index contributed by atoms with van der Waals surface area (Å²) in [6.45, 7) is 4.47. The number of hydrogen-bond acceptors (Lipinski definition) is 5. The van der Waals surface area contributed by atoms with Gasteiger partial charge in [0.05, 0.1) is 32.4 Å². The highest BCUT2D eigenvalue weighted by molar-refractivity contribution is 5.46. The van der Waals surface area contributed by atoms with E-state index in [0.717, 1.165) is 31.9 Å². The molecule has 3 aromatic rings. The summed E-state index contributed by atoms with van der Waals surface area (Å²) in [5, 5.41) is 8.13. The van der Waals surface area contributed by atoms with Crippen molar-refractivity contribution < 1.29 is 18.1 Å². The van der Waals surface area contributed by atoms with E-state index in [9.17, 15) is 4.39 Å². The number of hydrogen-bond donors (Lipinski definition) is 1. The molecule has 3 heterocycles. The van der Waals surface area contributed by atoms with Crippen molar-refractivity contribution in [3.63, 3.8) is 0 Å². The van der Waals surface area contributed by atoms with Gasteiger partial charge in [0.25, 0.3) is 11.8 Å². The van der Waals surface area contributed by atoms with E-state index in [1.165, 1.54) is 17.0 Å². The van der Waals surface area contributed by atoms with E-state index in [-0.39, 0.29) is 5.82 Å². The monoisotopic (exact) mass is 329 g/mol. The molecular weight excluding hydrogens is 311 g/mol. The van der Waals surface area contributed by atoms with Crippen LogP contribution in [0.25, 0.3) is 11.7 Å². The summed E-state index contributed by atoms with van der Waals surface area (Å²) < 4.78 is 23.9. The molecule has 1 N–H and O–H groups in total. The summed E-state index contributed by atoms with van der Waals surface area (Å²) in [7, 11) is 0. The Hall–Kier alpha value is -2.67. The van der Waals surface area contributed by atoms with Crippen molar-refractivity contribution in [1.29, 1.82) is 0 Å².